The fraction of sp³-hybridized carbons (Fsp3) is 1.00. The summed E-state index contributed by atoms with van der Waals surface area (Å²) in [5.41, 5.74) is 6.38. The molecule has 0 bridgehead atoms. The summed E-state index contributed by atoms with van der Waals surface area (Å²) in [6, 6.07) is 0. The molecule has 0 saturated carbocycles. The van der Waals surface area contributed by atoms with Crippen LogP contribution in [0.15, 0.2) is 0 Å². The molecular formula is C13H26N2OS. The van der Waals surface area contributed by atoms with Gasteiger partial charge in [-0.1, -0.05) is 0 Å². The van der Waals surface area contributed by atoms with E-state index in [4.69, 9.17) is 10.5 Å². The second kappa shape index (κ2) is 6.41. The van der Waals surface area contributed by atoms with Gasteiger partial charge in [0.25, 0.3) is 0 Å². The van der Waals surface area contributed by atoms with Crippen molar-refractivity contribution in [3.05, 3.63) is 0 Å². The van der Waals surface area contributed by atoms with E-state index in [1.165, 1.54) is 43.7 Å². The maximum absolute atomic E-state index is 6.10. The predicted octanol–water partition coefficient (Wildman–Crippen LogP) is 1.71. The third-order valence-corrected chi connectivity index (χ3v) is 5.24. The molecule has 1 atom stereocenters. The van der Waals surface area contributed by atoms with Crippen molar-refractivity contribution in [3.63, 3.8) is 0 Å². The lowest BCUT2D eigenvalue weighted by atomic mass is 9.87. The van der Waals surface area contributed by atoms with Crippen LogP contribution in [0.1, 0.15) is 32.6 Å². The van der Waals surface area contributed by atoms with Gasteiger partial charge in [0, 0.05) is 25.2 Å². The van der Waals surface area contributed by atoms with E-state index < -0.39 is 0 Å². The minimum Gasteiger partial charge on any atom is -0.377 e. The first-order valence-electron chi connectivity index (χ1n) is 6.95. The number of hydrogen-bond acceptors (Lipinski definition) is 4. The number of nitrogens with two attached hydrogens (primary N) is 1. The van der Waals surface area contributed by atoms with E-state index in [1.54, 1.807) is 0 Å². The Morgan fingerprint density at radius 1 is 1.41 bits per heavy atom. The number of nitrogens with zero attached hydrogens (tertiary/aromatic N) is 1. The minimum absolute atomic E-state index is 0.279. The van der Waals surface area contributed by atoms with Crippen molar-refractivity contribution in [2.75, 3.05) is 37.7 Å². The van der Waals surface area contributed by atoms with E-state index in [-0.39, 0.29) is 5.54 Å². The summed E-state index contributed by atoms with van der Waals surface area (Å²) in [4.78, 5) is 2.64. The van der Waals surface area contributed by atoms with E-state index in [0.29, 0.717) is 6.10 Å². The number of ether oxygens (including phenoxy) is 1. The van der Waals surface area contributed by atoms with Crippen molar-refractivity contribution in [2.45, 2.75) is 44.2 Å². The third-order valence-electron chi connectivity index (χ3n) is 4.25. The molecule has 0 spiro atoms. The molecule has 3 nitrogen and oxygen atoms in total. The van der Waals surface area contributed by atoms with E-state index in [1.807, 2.05) is 0 Å². The molecule has 0 aromatic heterocycles. The van der Waals surface area contributed by atoms with Crippen LogP contribution < -0.4 is 5.73 Å². The summed E-state index contributed by atoms with van der Waals surface area (Å²) in [5, 5.41) is 0. The topological polar surface area (TPSA) is 38.5 Å². The summed E-state index contributed by atoms with van der Waals surface area (Å²) >= 11 is 2.07. The smallest absolute Gasteiger partial charge is 0.0702 e. The average molecular weight is 258 g/mol. The first-order valence-corrected chi connectivity index (χ1v) is 8.11. The van der Waals surface area contributed by atoms with Crippen molar-refractivity contribution in [1.82, 2.24) is 4.90 Å². The van der Waals surface area contributed by atoms with Gasteiger partial charge in [-0.25, -0.2) is 0 Å². The van der Waals surface area contributed by atoms with Crippen LogP contribution in [0.5, 0.6) is 0 Å². The van der Waals surface area contributed by atoms with Gasteiger partial charge in [-0.15, -0.1) is 0 Å². The highest BCUT2D eigenvalue weighted by molar-refractivity contribution is 7.99. The number of piperidine rings is 1. The number of hydrogen-bond donors (Lipinski definition) is 1. The molecule has 2 aliphatic heterocycles. The number of likely N-dealkylation sites (tertiary alicyclic amines) is 1. The zero-order valence-electron chi connectivity index (χ0n) is 11.0. The molecular weight excluding hydrogens is 232 g/mol. The van der Waals surface area contributed by atoms with Gasteiger partial charge >= 0.3 is 0 Å². The Morgan fingerprint density at radius 2 is 2.18 bits per heavy atom. The van der Waals surface area contributed by atoms with Gasteiger partial charge in [0.1, 0.15) is 0 Å². The Bertz CT molecular complexity index is 229. The van der Waals surface area contributed by atoms with Gasteiger partial charge in [-0.3, -0.25) is 4.90 Å². The summed E-state index contributed by atoms with van der Waals surface area (Å²) in [7, 11) is 0. The van der Waals surface area contributed by atoms with Crippen molar-refractivity contribution in [1.29, 1.82) is 0 Å². The highest BCUT2D eigenvalue weighted by atomic mass is 32.2. The second-order valence-corrected chi connectivity index (χ2v) is 6.43. The van der Waals surface area contributed by atoms with E-state index in [2.05, 4.69) is 23.6 Å². The SMILES string of the molecule is CCOC1CCCN(C2(CN)CCSCC2)C1. The Kier molecular flexibility index (Phi) is 5.15. The van der Waals surface area contributed by atoms with Crippen LogP contribution in [0.3, 0.4) is 0 Å². The quantitative estimate of drug-likeness (QED) is 0.833. The van der Waals surface area contributed by atoms with Crippen molar-refractivity contribution >= 4 is 11.8 Å². The van der Waals surface area contributed by atoms with Crippen molar-refractivity contribution < 1.29 is 4.74 Å². The monoisotopic (exact) mass is 258 g/mol. The van der Waals surface area contributed by atoms with Gasteiger partial charge in [0.15, 0.2) is 0 Å². The Balaban J connectivity index is 1.98. The molecule has 0 aromatic rings. The molecule has 0 aromatic carbocycles. The molecule has 2 fully saturated rings. The number of rotatable bonds is 4. The largest absolute Gasteiger partial charge is 0.377 e. The van der Waals surface area contributed by atoms with Gasteiger partial charge in [-0.05, 0) is 50.7 Å². The van der Waals surface area contributed by atoms with Gasteiger partial charge in [0.2, 0.25) is 0 Å². The first-order chi connectivity index (χ1) is 8.30. The Hall–Kier alpha value is 0.230. The summed E-state index contributed by atoms with van der Waals surface area (Å²) in [6.45, 7) is 6.05. The van der Waals surface area contributed by atoms with Crippen molar-refractivity contribution in [2.24, 2.45) is 5.73 Å². The number of thioether (sulfide) groups is 1. The molecule has 2 N–H and O–H groups in total. The van der Waals surface area contributed by atoms with E-state index in [9.17, 15) is 0 Å². The average Bonchev–Trinajstić information content (AvgIpc) is 2.40. The van der Waals surface area contributed by atoms with Gasteiger partial charge in [0.05, 0.1) is 6.10 Å². The fourth-order valence-electron chi connectivity index (χ4n) is 3.14. The van der Waals surface area contributed by atoms with Crippen LogP contribution in [0.25, 0.3) is 0 Å². The third kappa shape index (κ3) is 3.16. The van der Waals surface area contributed by atoms with Crippen LogP contribution in [-0.4, -0.2) is 54.3 Å². The Morgan fingerprint density at radius 3 is 2.82 bits per heavy atom. The van der Waals surface area contributed by atoms with Gasteiger partial charge in [-0.2, -0.15) is 11.8 Å². The molecule has 17 heavy (non-hydrogen) atoms. The molecule has 100 valence electrons. The van der Waals surface area contributed by atoms with Gasteiger partial charge < -0.3 is 10.5 Å². The molecule has 2 rings (SSSR count). The van der Waals surface area contributed by atoms with E-state index >= 15 is 0 Å². The summed E-state index contributed by atoms with van der Waals surface area (Å²) < 4.78 is 5.81. The lowest BCUT2D eigenvalue weighted by Gasteiger charge is -2.49. The molecule has 4 heteroatoms. The molecule has 0 aliphatic carbocycles. The van der Waals surface area contributed by atoms with Crippen LogP contribution in [0, 0.1) is 0 Å². The zero-order valence-corrected chi connectivity index (χ0v) is 11.8. The molecule has 1 unspecified atom stereocenters. The molecule has 0 amide bonds. The minimum atomic E-state index is 0.279. The van der Waals surface area contributed by atoms with Crippen LogP contribution >= 0.6 is 11.8 Å². The molecule has 2 aliphatic rings. The van der Waals surface area contributed by atoms with Crippen molar-refractivity contribution in [3.8, 4) is 0 Å². The van der Waals surface area contributed by atoms with Crippen LogP contribution in [0.4, 0.5) is 0 Å². The fourth-order valence-corrected chi connectivity index (χ4v) is 4.39. The highest BCUT2D eigenvalue weighted by Gasteiger charge is 2.39. The standard InChI is InChI=1S/C13H26N2OS/c1-2-16-12-4-3-7-15(10-12)13(11-14)5-8-17-9-6-13/h12H,2-11,14H2,1H3. The Labute approximate surface area is 109 Å². The normalized spacial score (nSPS) is 30.4. The first kappa shape index (κ1) is 13.7. The molecule has 2 saturated heterocycles. The lowest BCUT2D eigenvalue weighted by Crippen LogP contribution is -2.59. The maximum Gasteiger partial charge on any atom is 0.0702 e. The summed E-state index contributed by atoms with van der Waals surface area (Å²) in [6.07, 6.45) is 5.44. The van der Waals surface area contributed by atoms with E-state index in [0.717, 1.165) is 19.7 Å². The predicted molar refractivity (Wildman–Crippen MR) is 74.6 cm³/mol. The lowest BCUT2D eigenvalue weighted by molar-refractivity contribution is -0.0352. The van der Waals surface area contributed by atoms with Crippen LogP contribution in [0.2, 0.25) is 0 Å². The molecule has 0 radical (unpaired) electrons. The summed E-state index contributed by atoms with van der Waals surface area (Å²) in [5.74, 6) is 2.54. The second-order valence-electron chi connectivity index (χ2n) is 5.21. The zero-order chi connectivity index (χ0) is 12.1. The molecule has 2 heterocycles. The van der Waals surface area contributed by atoms with Crippen LogP contribution in [-0.2, 0) is 4.74 Å². The highest BCUT2D eigenvalue weighted by Crippen LogP contribution is 2.34. The maximum atomic E-state index is 6.10.